The lowest BCUT2D eigenvalue weighted by molar-refractivity contribution is -0.0189. The maximum Gasteiger partial charge on any atom is 0.0661 e. The number of hydrogen-bond donors (Lipinski definition) is 1. The molecular weight excluding hydrogens is 212 g/mol. The van der Waals surface area contributed by atoms with E-state index in [0.717, 1.165) is 19.1 Å². The van der Waals surface area contributed by atoms with Crippen LogP contribution in [0.2, 0.25) is 0 Å². The van der Waals surface area contributed by atoms with Crippen molar-refractivity contribution < 1.29 is 4.74 Å². The average Bonchev–Trinajstić information content (AvgIpc) is 3.09. The molecule has 0 amide bonds. The quantitative estimate of drug-likeness (QED) is 0.673. The molecule has 2 N–H and O–H groups in total. The van der Waals surface area contributed by atoms with E-state index in [2.05, 4.69) is 25.7 Å². The van der Waals surface area contributed by atoms with Crippen molar-refractivity contribution in [2.45, 2.75) is 45.6 Å². The molecule has 1 aliphatic rings. The van der Waals surface area contributed by atoms with Crippen molar-refractivity contribution in [2.24, 2.45) is 17.6 Å². The summed E-state index contributed by atoms with van der Waals surface area (Å²) in [4.78, 5) is 2.60. The molecule has 0 spiro atoms. The van der Waals surface area contributed by atoms with Crippen molar-refractivity contribution in [3.8, 4) is 0 Å². The molecule has 1 rings (SSSR count). The molecule has 1 fully saturated rings. The SMILES string of the molecule is CCCN(CC1CC1)C(CN)(COC)C(C)C. The normalized spacial score (nSPS) is 19.9. The van der Waals surface area contributed by atoms with Gasteiger partial charge in [-0.3, -0.25) is 4.90 Å². The number of hydrogen-bond acceptors (Lipinski definition) is 3. The minimum Gasteiger partial charge on any atom is -0.383 e. The highest BCUT2D eigenvalue weighted by molar-refractivity contribution is 4.96. The molecule has 1 unspecified atom stereocenters. The van der Waals surface area contributed by atoms with E-state index >= 15 is 0 Å². The van der Waals surface area contributed by atoms with Gasteiger partial charge in [-0.2, -0.15) is 0 Å². The molecule has 0 aromatic rings. The van der Waals surface area contributed by atoms with E-state index < -0.39 is 0 Å². The van der Waals surface area contributed by atoms with Crippen molar-refractivity contribution in [1.82, 2.24) is 4.90 Å². The van der Waals surface area contributed by atoms with E-state index in [9.17, 15) is 0 Å². The summed E-state index contributed by atoms with van der Waals surface area (Å²) in [6, 6.07) is 0. The molecule has 1 atom stereocenters. The van der Waals surface area contributed by atoms with E-state index in [1.807, 2.05) is 0 Å². The van der Waals surface area contributed by atoms with Gasteiger partial charge in [0, 0.05) is 20.2 Å². The van der Waals surface area contributed by atoms with Crippen LogP contribution in [0.15, 0.2) is 0 Å². The first-order chi connectivity index (χ1) is 8.10. The summed E-state index contributed by atoms with van der Waals surface area (Å²) < 4.78 is 5.47. The van der Waals surface area contributed by atoms with Gasteiger partial charge in [-0.1, -0.05) is 20.8 Å². The van der Waals surface area contributed by atoms with E-state index in [1.165, 1.54) is 25.8 Å². The predicted molar refractivity (Wildman–Crippen MR) is 73.1 cm³/mol. The third kappa shape index (κ3) is 3.67. The maximum absolute atomic E-state index is 6.10. The summed E-state index contributed by atoms with van der Waals surface area (Å²) in [5.74, 6) is 1.43. The predicted octanol–water partition coefficient (Wildman–Crippen LogP) is 2.11. The smallest absolute Gasteiger partial charge is 0.0661 e. The summed E-state index contributed by atoms with van der Waals surface area (Å²) in [5, 5.41) is 0. The molecule has 0 saturated heterocycles. The van der Waals surface area contributed by atoms with Crippen LogP contribution in [-0.4, -0.2) is 43.8 Å². The minimum absolute atomic E-state index is 0.0212. The highest BCUT2D eigenvalue weighted by atomic mass is 16.5. The van der Waals surface area contributed by atoms with Gasteiger partial charge in [0.1, 0.15) is 0 Å². The Labute approximate surface area is 107 Å². The van der Waals surface area contributed by atoms with E-state index in [4.69, 9.17) is 10.5 Å². The third-order valence-corrected chi connectivity index (χ3v) is 4.12. The van der Waals surface area contributed by atoms with E-state index in [-0.39, 0.29) is 5.54 Å². The molecular formula is C14H30N2O. The summed E-state index contributed by atoms with van der Waals surface area (Å²) in [6.07, 6.45) is 3.97. The van der Waals surface area contributed by atoms with Crippen molar-refractivity contribution in [3.63, 3.8) is 0 Å². The molecule has 0 bridgehead atoms. The van der Waals surface area contributed by atoms with E-state index in [0.29, 0.717) is 12.5 Å². The van der Waals surface area contributed by atoms with Gasteiger partial charge in [-0.05, 0) is 37.6 Å². The number of rotatable bonds is 9. The zero-order valence-electron chi connectivity index (χ0n) is 12.0. The highest BCUT2D eigenvalue weighted by Crippen LogP contribution is 2.34. The van der Waals surface area contributed by atoms with Gasteiger partial charge < -0.3 is 10.5 Å². The Morgan fingerprint density at radius 3 is 2.41 bits per heavy atom. The van der Waals surface area contributed by atoms with Gasteiger partial charge in [0.15, 0.2) is 0 Å². The molecule has 0 aromatic carbocycles. The van der Waals surface area contributed by atoms with Crippen molar-refractivity contribution >= 4 is 0 Å². The van der Waals surface area contributed by atoms with Gasteiger partial charge in [0.05, 0.1) is 12.1 Å². The Hall–Kier alpha value is -0.120. The molecule has 3 nitrogen and oxygen atoms in total. The fourth-order valence-electron chi connectivity index (χ4n) is 2.67. The van der Waals surface area contributed by atoms with Gasteiger partial charge in [0.2, 0.25) is 0 Å². The van der Waals surface area contributed by atoms with Crippen molar-refractivity contribution in [2.75, 3.05) is 33.4 Å². The Morgan fingerprint density at radius 1 is 1.41 bits per heavy atom. The van der Waals surface area contributed by atoms with E-state index in [1.54, 1.807) is 7.11 Å². The van der Waals surface area contributed by atoms with Gasteiger partial charge in [-0.25, -0.2) is 0 Å². The molecule has 0 aliphatic heterocycles. The largest absolute Gasteiger partial charge is 0.383 e. The fourth-order valence-corrected chi connectivity index (χ4v) is 2.67. The summed E-state index contributed by atoms with van der Waals surface area (Å²) in [6.45, 7) is 10.5. The lowest BCUT2D eigenvalue weighted by Gasteiger charge is -2.46. The second-order valence-electron chi connectivity index (χ2n) is 5.78. The van der Waals surface area contributed by atoms with Crippen LogP contribution in [0.5, 0.6) is 0 Å². The number of nitrogens with two attached hydrogens (primary N) is 1. The highest BCUT2D eigenvalue weighted by Gasteiger charge is 2.40. The van der Waals surface area contributed by atoms with Gasteiger partial charge >= 0.3 is 0 Å². The van der Waals surface area contributed by atoms with Crippen molar-refractivity contribution in [3.05, 3.63) is 0 Å². The second kappa shape index (κ2) is 6.72. The topological polar surface area (TPSA) is 38.5 Å². The molecule has 0 aromatic heterocycles. The molecule has 0 radical (unpaired) electrons. The zero-order valence-corrected chi connectivity index (χ0v) is 12.0. The first-order valence-corrected chi connectivity index (χ1v) is 7.04. The van der Waals surface area contributed by atoms with Crippen LogP contribution < -0.4 is 5.73 Å². The molecule has 102 valence electrons. The first-order valence-electron chi connectivity index (χ1n) is 7.04. The number of methoxy groups -OCH3 is 1. The summed E-state index contributed by atoms with van der Waals surface area (Å²) in [5.41, 5.74) is 6.12. The average molecular weight is 242 g/mol. The first kappa shape index (κ1) is 14.9. The molecule has 1 saturated carbocycles. The Bertz CT molecular complexity index is 216. The van der Waals surface area contributed by atoms with Crippen molar-refractivity contribution in [1.29, 1.82) is 0 Å². The minimum atomic E-state index is 0.0212. The summed E-state index contributed by atoms with van der Waals surface area (Å²) in [7, 11) is 1.79. The molecule has 3 heteroatoms. The number of nitrogens with zero attached hydrogens (tertiary/aromatic N) is 1. The third-order valence-electron chi connectivity index (χ3n) is 4.12. The molecule has 1 aliphatic carbocycles. The van der Waals surface area contributed by atoms with Crippen LogP contribution in [0.25, 0.3) is 0 Å². The lowest BCUT2D eigenvalue weighted by Crippen LogP contribution is -2.61. The van der Waals surface area contributed by atoms with Crippen LogP contribution in [0, 0.1) is 11.8 Å². The van der Waals surface area contributed by atoms with Gasteiger partial charge in [-0.15, -0.1) is 0 Å². The molecule has 17 heavy (non-hydrogen) atoms. The second-order valence-corrected chi connectivity index (χ2v) is 5.78. The Kier molecular flexibility index (Phi) is 5.90. The Morgan fingerprint density at radius 2 is 2.06 bits per heavy atom. The van der Waals surface area contributed by atoms with Crippen LogP contribution in [-0.2, 0) is 4.74 Å². The van der Waals surface area contributed by atoms with Crippen LogP contribution in [0.1, 0.15) is 40.0 Å². The monoisotopic (exact) mass is 242 g/mol. The standard InChI is InChI=1S/C14H30N2O/c1-5-8-16(9-13-6-7-13)14(10-15,11-17-4)12(2)3/h12-13H,5-11,15H2,1-4H3. The van der Waals surface area contributed by atoms with Crippen LogP contribution >= 0.6 is 0 Å². The zero-order chi connectivity index (χ0) is 12.9. The summed E-state index contributed by atoms with van der Waals surface area (Å²) >= 11 is 0. The Balaban J connectivity index is 2.79. The maximum atomic E-state index is 6.10. The fraction of sp³-hybridized carbons (Fsp3) is 1.00. The lowest BCUT2D eigenvalue weighted by atomic mass is 9.84. The molecule has 0 heterocycles. The van der Waals surface area contributed by atoms with Crippen LogP contribution in [0.3, 0.4) is 0 Å². The van der Waals surface area contributed by atoms with Gasteiger partial charge in [0.25, 0.3) is 0 Å². The number of ether oxygens (including phenoxy) is 1. The van der Waals surface area contributed by atoms with Crippen LogP contribution in [0.4, 0.5) is 0 Å².